The van der Waals surface area contributed by atoms with Crippen LogP contribution in [0, 0.1) is 5.92 Å². The van der Waals surface area contributed by atoms with Gasteiger partial charge in [0.05, 0.1) is 12.3 Å². The van der Waals surface area contributed by atoms with Gasteiger partial charge in [-0.2, -0.15) is 11.3 Å². The van der Waals surface area contributed by atoms with Crippen LogP contribution in [0.3, 0.4) is 0 Å². The van der Waals surface area contributed by atoms with Crippen LogP contribution >= 0.6 is 11.3 Å². The number of piperidine rings is 1. The van der Waals surface area contributed by atoms with Gasteiger partial charge in [0.2, 0.25) is 15.9 Å². The molecule has 0 aliphatic carbocycles. The van der Waals surface area contributed by atoms with Crippen molar-refractivity contribution in [3.8, 4) is 0 Å². The quantitative estimate of drug-likeness (QED) is 0.827. The number of hydrogen-bond acceptors (Lipinski definition) is 5. The predicted molar refractivity (Wildman–Crippen MR) is 92.9 cm³/mol. The molecule has 0 aromatic carbocycles. The molecule has 1 aromatic heterocycles. The van der Waals surface area contributed by atoms with Gasteiger partial charge in [0, 0.05) is 25.6 Å². The summed E-state index contributed by atoms with van der Waals surface area (Å²) in [6.07, 6.45) is 2.39. The Hall–Kier alpha value is -0.960. The normalized spacial score (nSPS) is 19.0. The van der Waals surface area contributed by atoms with E-state index in [2.05, 4.69) is 21.7 Å². The summed E-state index contributed by atoms with van der Waals surface area (Å²) < 4.78 is 24.5. The Kier molecular flexibility index (Phi) is 6.19. The Morgan fingerprint density at radius 3 is 2.57 bits per heavy atom. The van der Waals surface area contributed by atoms with Gasteiger partial charge >= 0.3 is 0 Å². The van der Waals surface area contributed by atoms with Crippen molar-refractivity contribution in [3.05, 3.63) is 22.4 Å². The van der Waals surface area contributed by atoms with E-state index in [4.69, 9.17) is 0 Å². The molecule has 130 valence electrons. The Morgan fingerprint density at radius 2 is 2.09 bits per heavy atom. The Bertz CT molecular complexity index is 606. The summed E-state index contributed by atoms with van der Waals surface area (Å²) in [5.74, 6) is -0.0708. The number of carbonyl (C=O) groups is 1. The van der Waals surface area contributed by atoms with Crippen molar-refractivity contribution >= 4 is 27.3 Å². The molecule has 23 heavy (non-hydrogen) atoms. The molecular formula is C15H25N3O3S2. The third-order valence-corrected chi connectivity index (χ3v) is 6.32. The SMILES string of the molecule is CN(C)[C@@H](CNC(=O)C1CCN(S(C)(=O)=O)CC1)c1ccsc1. The largest absolute Gasteiger partial charge is 0.354 e. The molecule has 0 bridgehead atoms. The van der Waals surface area contributed by atoms with Crippen molar-refractivity contribution in [3.63, 3.8) is 0 Å². The van der Waals surface area contributed by atoms with E-state index in [9.17, 15) is 13.2 Å². The van der Waals surface area contributed by atoms with E-state index >= 15 is 0 Å². The van der Waals surface area contributed by atoms with E-state index < -0.39 is 10.0 Å². The molecule has 2 rings (SSSR count). The maximum atomic E-state index is 12.4. The third kappa shape index (κ3) is 5.00. The van der Waals surface area contributed by atoms with Gasteiger partial charge in [0.15, 0.2) is 0 Å². The molecule has 6 nitrogen and oxygen atoms in total. The Labute approximate surface area is 142 Å². The van der Waals surface area contributed by atoms with Crippen molar-refractivity contribution in [2.75, 3.05) is 40.0 Å². The number of nitrogens with zero attached hydrogens (tertiary/aromatic N) is 2. The molecule has 1 fully saturated rings. The number of hydrogen-bond donors (Lipinski definition) is 1. The number of amides is 1. The van der Waals surface area contributed by atoms with E-state index in [1.54, 1.807) is 11.3 Å². The number of nitrogens with one attached hydrogen (secondary N) is 1. The number of likely N-dealkylation sites (N-methyl/N-ethyl adjacent to an activating group) is 1. The van der Waals surface area contributed by atoms with Gasteiger partial charge < -0.3 is 10.2 Å². The summed E-state index contributed by atoms with van der Waals surface area (Å²) in [7, 11) is 0.853. The minimum Gasteiger partial charge on any atom is -0.354 e. The van der Waals surface area contributed by atoms with Crippen molar-refractivity contribution in [1.29, 1.82) is 0 Å². The minimum absolute atomic E-state index is 0.0280. The Balaban J connectivity index is 1.85. The molecule has 2 heterocycles. The highest BCUT2D eigenvalue weighted by molar-refractivity contribution is 7.88. The lowest BCUT2D eigenvalue weighted by Crippen LogP contribution is -2.44. The fraction of sp³-hybridized carbons (Fsp3) is 0.667. The van der Waals surface area contributed by atoms with Crippen LogP contribution in [0.5, 0.6) is 0 Å². The molecule has 1 aromatic rings. The molecule has 1 amide bonds. The second-order valence-electron chi connectivity index (χ2n) is 6.22. The zero-order valence-corrected chi connectivity index (χ0v) is 15.5. The fourth-order valence-electron chi connectivity index (χ4n) is 2.85. The molecule has 0 radical (unpaired) electrons. The highest BCUT2D eigenvalue weighted by Crippen LogP contribution is 2.22. The van der Waals surface area contributed by atoms with Crippen LogP contribution in [-0.2, 0) is 14.8 Å². The van der Waals surface area contributed by atoms with Crippen molar-refractivity contribution in [2.24, 2.45) is 5.92 Å². The first-order chi connectivity index (χ1) is 10.8. The first-order valence-corrected chi connectivity index (χ1v) is 10.5. The van der Waals surface area contributed by atoms with Gasteiger partial charge in [-0.25, -0.2) is 12.7 Å². The topological polar surface area (TPSA) is 69.7 Å². The van der Waals surface area contributed by atoms with Crippen LogP contribution < -0.4 is 5.32 Å². The summed E-state index contributed by atoms with van der Waals surface area (Å²) in [4.78, 5) is 14.4. The van der Waals surface area contributed by atoms with Gasteiger partial charge in [0.1, 0.15) is 0 Å². The van der Waals surface area contributed by atoms with Gasteiger partial charge in [-0.1, -0.05) is 0 Å². The van der Waals surface area contributed by atoms with E-state index in [0.29, 0.717) is 32.5 Å². The monoisotopic (exact) mass is 359 g/mol. The molecule has 0 saturated carbocycles. The first kappa shape index (κ1) is 18.4. The van der Waals surface area contributed by atoms with Crippen LogP contribution in [0.25, 0.3) is 0 Å². The zero-order valence-electron chi connectivity index (χ0n) is 13.9. The zero-order chi connectivity index (χ0) is 17.0. The minimum atomic E-state index is -3.15. The van der Waals surface area contributed by atoms with Crippen LogP contribution in [-0.4, -0.2) is 63.5 Å². The first-order valence-electron chi connectivity index (χ1n) is 7.70. The van der Waals surface area contributed by atoms with E-state index in [-0.39, 0.29) is 17.9 Å². The smallest absolute Gasteiger partial charge is 0.223 e. The number of rotatable bonds is 6. The van der Waals surface area contributed by atoms with Crippen molar-refractivity contribution in [2.45, 2.75) is 18.9 Å². The second-order valence-corrected chi connectivity index (χ2v) is 8.98. The highest BCUT2D eigenvalue weighted by atomic mass is 32.2. The van der Waals surface area contributed by atoms with E-state index in [1.165, 1.54) is 16.1 Å². The van der Waals surface area contributed by atoms with E-state index in [0.717, 1.165) is 0 Å². The standard InChI is InChI=1S/C15H25N3O3S2/c1-17(2)14(13-6-9-22-11-13)10-16-15(19)12-4-7-18(8-5-12)23(3,20)21/h6,9,11-12,14H,4-5,7-8,10H2,1-3H3,(H,16,19)/t14-/m0/s1. The predicted octanol–water partition coefficient (Wildman–Crippen LogP) is 1.14. The summed E-state index contributed by atoms with van der Waals surface area (Å²) >= 11 is 1.65. The van der Waals surface area contributed by atoms with Crippen molar-refractivity contribution < 1.29 is 13.2 Å². The molecule has 1 N–H and O–H groups in total. The fourth-order valence-corrected chi connectivity index (χ4v) is 4.44. The second kappa shape index (κ2) is 7.74. The molecule has 0 unspecified atom stereocenters. The van der Waals surface area contributed by atoms with Gasteiger partial charge in [-0.05, 0) is 49.3 Å². The highest BCUT2D eigenvalue weighted by Gasteiger charge is 2.29. The molecule has 1 aliphatic heterocycles. The maximum absolute atomic E-state index is 12.4. The number of thiophene rings is 1. The van der Waals surface area contributed by atoms with Gasteiger partial charge in [-0.3, -0.25) is 4.79 Å². The van der Waals surface area contributed by atoms with Crippen LogP contribution in [0.1, 0.15) is 24.4 Å². The molecule has 1 saturated heterocycles. The lowest BCUT2D eigenvalue weighted by molar-refractivity contribution is -0.126. The maximum Gasteiger partial charge on any atom is 0.223 e. The summed E-state index contributed by atoms with van der Waals surface area (Å²) in [6.45, 7) is 1.42. The average molecular weight is 360 g/mol. The third-order valence-electron chi connectivity index (χ3n) is 4.31. The summed E-state index contributed by atoms with van der Waals surface area (Å²) in [5.41, 5.74) is 1.20. The molecule has 1 aliphatic rings. The molecule has 0 spiro atoms. The van der Waals surface area contributed by atoms with Gasteiger partial charge in [-0.15, -0.1) is 0 Å². The average Bonchev–Trinajstić information content (AvgIpc) is 3.00. The van der Waals surface area contributed by atoms with Gasteiger partial charge in [0.25, 0.3) is 0 Å². The van der Waals surface area contributed by atoms with Crippen molar-refractivity contribution in [1.82, 2.24) is 14.5 Å². The van der Waals surface area contributed by atoms with Crippen LogP contribution in [0.15, 0.2) is 16.8 Å². The summed E-state index contributed by atoms with van der Waals surface area (Å²) in [5, 5.41) is 7.17. The van der Waals surface area contributed by atoms with Crippen LogP contribution in [0.2, 0.25) is 0 Å². The van der Waals surface area contributed by atoms with Crippen LogP contribution in [0.4, 0.5) is 0 Å². The Morgan fingerprint density at radius 1 is 1.43 bits per heavy atom. The molecule has 8 heteroatoms. The van der Waals surface area contributed by atoms with E-state index in [1.807, 2.05) is 19.5 Å². The lowest BCUT2D eigenvalue weighted by Gasteiger charge is -2.30. The molecule has 1 atom stereocenters. The summed E-state index contributed by atoms with van der Waals surface area (Å²) in [6, 6.07) is 2.23. The lowest BCUT2D eigenvalue weighted by atomic mass is 9.97. The number of carbonyl (C=O) groups excluding carboxylic acids is 1. The molecular weight excluding hydrogens is 334 g/mol. The number of sulfonamides is 1.